The normalized spacial score (nSPS) is 9.69. The van der Waals surface area contributed by atoms with Crippen LogP contribution in [0.25, 0.3) is 0 Å². The van der Waals surface area contributed by atoms with Gasteiger partial charge in [-0.15, -0.1) is 0 Å². The minimum Gasteiger partial charge on any atom is -0.478 e. The van der Waals surface area contributed by atoms with Gasteiger partial charge in [-0.2, -0.15) is 0 Å². The SMILES string of the molecule is CC(=O)c1ccc(C(=O)O)cc1C. The molecular weight excluding hydrogens is 168 g/mol. The Labute approximate surface area is 76.0 Å². The van der Waals surface area contributed by atoms with E-state index in [4.69, 9.17) is 5.11 Å². The summed E-state index contributed by atoms with van der Waals surface area (Å²) in [4.78, 5) is 21.5. The lowest BCUT2D eigenvalue weighted by atomic mass is 10.0. The van der Waals surface area contributed by atoms with E-state index in [1.54, 1.807) is 13.0 Å². The highest BCUT2D eigenvalue weighted by molar-refractivity contribution is 5.97. The van der Waals surface area contributed by atoms with Crippen LogP contribution in [0.3, 0.4) is 0 Å². The minimum absolute atomic E-state index is 0.0468. The smallest absolute Gasteiger partial charge is 0.335 e. The van der Waals surface area contributed by atoms with Crippen molar-refractivity contribution < 1.29 is 14.7 Å². The molecule has 1 rings (SSSR count). The number of benzene rings is 1. The monoisotopic (exact) mass is 178 g/mol. The molecule has 1 N–H and O–H groups in total. The Kier molecular flexibility index (Phi) is 2.46. The van der Waals surface area contributed by atoms with Gasteiger partial charge in [0.05, 0.1) is 5.56 Å². The molecule has 0 fully saturated rings. The van der Waals surface area contributed by atoms with Crippen LogP contribution in [0.1, 0.15) is 33.2 Å². The van der Waals surface area contributed by atoms with Gasteiger partial charge in [0.2, 0.25) is 0 Å². The number of hydrogen-bond donors (Lipinski definition) is 1. The van der Waals surface area contributed by atoms with E-state index in [0.717, 1.165) is 0 Å². The maximum atomic E-state index is 11.0. The Bertz CT molecular complexity index is 366. The molecule has 0 aliphatic carbocycles. The Balaban J connectivity index is 3.20. The van der Waals surface area contributed by atoms with Crippen LogP contribution in [0.5, 0.6) is 0 Å². The highest BCUT2D eigenvalue weighted by Gasteiger charge is 2.07. The first-order valence-corrected chi connectivity index (χ1v) is 3.87. The van der Waals surface area contributed by atoms with Gasteiger partial charge in [0.15, 0.2) is 5.78 Å². The van der Waals surface area contributed by atoms with Gasteiger partial charge in [0.25, 0.3) is 0 Å². The predicted molar refractivity (Wildman–Crippen MR) is 48.1 cm³/mol. The van der Waals surface area contributed by atoms with Crippen LogP contribution >= 0.6 is 0 Å². The first-order valence-electron chi connectivity index (χ1n) is 3.87. The van der Waals surface area contributed by atoms with Gasteiger partial charge in [-0.05, 0) is 31.5 Å². The van der Waals surface area contributed by atoms with Crippen molar-refractivity contribution in [2.45, 2.75) is 13.8 Å². The summed E-state index contributed by atoms with van der Waals surface area (Å²) in [5, 5.41) is 8.65. The summed E-state index contributed by atoms with van der Waals surface area (Å²) in [6.07, 6.45) is 0. The Hall–Kier alpha value is -1.64. The van der Waals surface area contributed by atoms with Crippen LogP contribution < -0.4 is 0 Å². The molecule has 0 amide bonds. The minimum atomic E-state index is -0.974. The molecule has 3 heteroatoms. The van der Waals surface area contributed by atoms with Gasteiger partial charge in [-0.25, -0.2) is 4.79 Å². The van der Waals surface area contributed by atoms with Gasteiger partial charge in [0.1, 0.15) is 0 Å². The van der Waals surface area contributed by atoms with Gasteiger partial charge in [-0.3, -0.25) is 4.79 Å². The summed E-state index contributed by atoms with van der Waals surface area (Å²) in [5.74, 6) is -1.02. The molecule has 0 bridgehead atoms. The molecule has 0 saturated heterocycles. The Morgan fingerprint density at radius 1 is 1.31 bits per heavy atom. The van der Waals surface area contributed by atoms with Crippen LogP contribution in [0, 0.1) is 6.92 Å². The lowest BCUT2D eigenvalue weighted by Crippen LogP contribution is -2.01. The van der Waals surface area contributed by atoms with Crippen LogP contribution in [0.15, 0.2) is 18.2 Å². The summed E-state index contributed by atoms with van der Waals surface area (Å²) in [6.45, 7) is 3.19. The lowest BCUT2D eigenvalue weighted by Gasteiger charge is -2.02. The third-order valence-corrected chi connectivity index (χ3v) is 1.85. The average molecular weight is 178 g/mol. The van der Waals surface area contributed by atoms with Gasteiger partial charge < -0.3 is 5.11 Å². The summed E-state index contributed by atoms with van der Waals surface area (Å²) in [7, 11) is 0. The molecule has 13 heavy (non-hydrogen) atoms. The van der Waals surface area contributed by atoms with Crippen LogP contribution in [-0.2, 0) is 0 Å². The maximum absolute atomic E-state index is 11.0. The van der Waals surface area contributed by atoms with Crippen molar-refractivity contribution in [3.05, 3.63) is 34.9 Å². The van der Waals surface area contributed by atoms with Crippen molar-refractivity contribution in [2.24, 2.45) is 0 Å². The summed E-state index contributed by atoms with van der Waals surface area (Å²) < 4.78 is 0. The molecule has 1 aromatic rings. The largest absolute Gasteiger partial charge is 0.478 e. The summed E-state index contributed by atoms with van der Waals surface area (Å²) in [5.41, 5.74) is 1.49. The van der Waals surface area contributed by atoms with Crippen molar-refractivity contribution in [3.63, 3.8) is 0 Å². The Morgan fingerprint density at radius 3 is 2.31 bits per heavy atom. The van der Waals surface area contributed by atoms with Crippen LogP contribution in [-0.4, -0.2) is 16.9 Å². The number of aryl methyl sites for hydroxylation is 1. The van der Waals surface area contributed by atoms with Crippen molar-refractivity contribution in [2.75, 3.05) is 0 Å². The number of Topliss-reactive ketones (excluding diaryl/α,β-unsaturated/α-hetero) is 1. The molecule has 0 spiro atoms. The zero-order chi connectivity index (χ0) is 10.0. The summed E-state index contributed by atoms with van der Waals surface area (Å²) in [6, 6.07) is 4.48. The standard InChI is InChI=1S/C10H10O3/c1-6-5-8(10(12)13)3-4-9(6)7(2)11/h3-5H,1-2H3,(H,12,13). The number of hydrogen-bond acceptors (Lipinski definition) is 2. The maximum Gasteiger partial charge on any atom is 0.335 e. The van der Waals surface area contributed by atoms with Crippen molar-refractivity contribution in [1.29, 1.82) is 0 Å². The predicted octanol–water partition coefficient (Wildman–Crippen LogP) is 1.90. The number of ketones is 1. The molecule has 0 saturated carbocycles. The molecule has 3 nitrogen and oxygen atoms in total. The molecular formula is C10H10O3. The number of carboxylic acids is 1. The fourth-order valence-electron chi connectivity index (χ4n) is 1.19. The van der Waals surface area contributed by atoms with E-state index in [1.807, 2.05) is 0 Å². The third kappa shape index (κ3) is 1.93. The van der Waals surface area contributed by atoms with Gasteiger partial charge >= 0.3 is 5.97 Å². The second kappa shape index (κ2) is 3.39. The second-order valence-corrected chi connectivity index (χ2v) is 2.89. The number of rotatable bonds is 2. The second-order valence-electron chi connectivity index (χ2n) is 2.89. The average Bonchev–Trinajstić information content (AvgIpc) is 2.03. The third-order valence-electron chi connectivity index (χ3n) is 1.85. The number of carbonyl (C=O) groups excluding carboxylic acids is 1. The van der Waals surface area contributed by atoms with Crippen LogP contribution in [0.2, 0.25) is 0 Å². The van der Waals surface area contributed by atoms with E-state index < -0.39 is 5.97 Å². The molecule has 0 aliphatic rings. The molecule has 0 radical (unpaired) electrons. The Morgan fingerprint density at radius 2 is 1.92 bits per heavy atom. The molecule has 0 atom stereocenters. The van der Waals surface area contributed by atoms with E-state index in [1.165, 1.54) is 19.1 Å². The van der Waals surface area contributed by atoms with Gasteiger partial charge in [0, 0.05) is 5.56 Å². The molecule has 0 aliphatic heterocycles. The van der Waals surface area contributed by atoms with Crippen molar-refractivity contribution >= 4 is 11.8 Å². The number of carboxylic acid groups (broad SMARTS) is 1. The van der Waals surface area contributed by atoms with Gasteiger partial charge in [-0.1, -0.05) is 6.07 Å². The number of carbonyl (C=O) groups is 2. The van der Waals surface area contributed by atoms with Crippen molar-refractivity contribution in [3.8, 4) is 0 Å². The fourth-order valence-corrected chi connectivity index (χ4v) is 1.19. The molecule has 68 valence electrons. The van der Waals surface area contributed by atoms with E-state index in [2.05, 4.69) is 0 Å². The zero-order valence-corrected chi connectivity index (χ0v) is 7.50. The highest BCUT2D eigenvalue weighted by atomic mass is 16.4. The van der Waals surface area contributed by atoms with E-state index in [0.29, 0.717) is 11.1 Å². The molecule has 0 unspecified atom stereocenters. The first kappa shape index (κ1) is 9.45. The van der Waals surface area contributed by atoms with E-state index in [9.17, 15) is 9.59 Å². The lowest BCUT2D eigenvalue weighted by molar-refractivity contribution is 0.0696. The quantitative estimate of drug-likeness (QED) is 0.703. The van der Waals surface area contributed by atoms with Crippen LogP contribution in [0.4, 0.5) is 0 Å². The van der Waals surface area contributed by atoms with E-state index >= 15 is 0 Å². The summed E-state index contributed by atoms with van der Waals surface area (Å²) >= 11 is 0. The zero-order valence-electron chi connectivity index (χ0n) is 7.50. The van der Waals surface area contributed by atoms with Crippen molar-refractivity contribution in [1.82, 2.24) is 0 Å². The fraction of sp³-hybridized carbons (Fsp3) is 0.200. The van der Waals surface area contributed by atoms with E-state index in [-0.39, 0.29) is 11.3 Å². The molecule has 1 aromatic carbocycles. The first-order chi connectivity index (χ1) is 6.02. The topological polar surface area (TPSA) is 54.4 Å². The molecule has 0 aromatic heterocycles. The highest BCUT2D eigenvalue weighted by Crippen LogP contribution is 2.11. The number of aromatic carboxylic acids is 1. The molecule has 0 heterocycles.